The van der Waals surface area contributed by atoms with Gasteiger partial charge < -0.3 is 9.30 Å². The molecular weight excluding hydrogens is 323 g/mol. The molecule has 0 aliphatic heterocycles. The lowest BCUT2D eigenvalue weighted by Gasteiger charge is -2.11. The highest BCUT2D eigenvalue weighted by molar-refractivity contribution is 6.32. The Hall–Kier alpha value is -2.11. The van der Waals surface area contributed by atoms with E-state index in [1.165, 1.54) is 0 Å². The third-order valence-corrected chi connectivity index (χ3v) is 3.64. The predicted octanol–water partition coefficient (Wildman–Crippen LogP) is 3.86. The lowest BCUT2D eigenvalue weighted by atomic mass is 9.99. The molecule has 0 saturated carbocycles. The fourth-order valence-corrected chi connectivity index (χ4v) is 2.69. The summed E-state index contributed by atoms with van der Waals surface area (Å²) in [5.41, 5.74) is 2.64. The van der Waals surface area contributed by atoms with Crippen molar-refractivity contribution in [3.63, 3.8) is 0 Å². The molecule has 22 heavy (non-hydrogen) atoms. The summed E-state index contributed by atoms with van der Waals surface area (Å²) in [7, 11) is 3.50. The highest BCUT2D eigenvalue weighted by Gasteiger charge is 2.14. The molecule has 0 N–H and O–H groups in total. The molecule has 0 atom stereocenters. The van der Waals surface area contributed by atoms with E-state index in [0.717, 1.165) is 28.3 Å². The molecule has 2 heterocycles. The molecule has 7 heteroatoms. The van der Waals surface area contributed by atoms with E-state index in [4.69, 9.17) is 27.9 Å². The molecule has 0 fully saturated rings. The van der Waals surface area contributed by atoms with Crippen molar-refractivity contribution >= 4 is 23.2 Å². The van der Waals surface area contributed by atoms with Crippen molar-refractivity contribution in [3.8, 4) is 28.3 Å². The Kier molecular flexibility index (Phi) is 4.00. The van der Waals surface area contributed by atoms with Crippen LogP contribution < -0.4 is 4.74 Å². The fraction of sp³-hybridized carbons (Fsp3) is 0.133. The molecule has 3 aromatic rings. The number of rotatable bonds is 3. The number of hydrogen-bond acceptors (Lipinski definition) is 4. The van der Waals surface area contributed by atoms with Crippen LogP contribution in [0.4, 0.5) is 0 Å². The van der Waals surface area contributed by atoms with Crippen molar-refractivity contribution in [2.45, 2.75) is 0 Å². The Balaban J connectivity index is 2.25. The van der Waals surface area contributed by atoms with Gasteiger partial charge in [0.15, 0.2) is 5.82 Å². The summed E-state index contributed by atoms with van der Waals surface area (Å²) < 4.78 is 7.15. The number of methoxy groups -OCH3 is 1. The first-order valence-electron chi connectivity index (χ1n) is 6.44. The molecule has 0 amide bonds. The van der Waals surface area contributed by atoms with E-state index in [0.29, 0.717) is 10.3 Å². The van der Waals surface area contributed by atoms with E-state index in [-0.39, 0.29) is 0 Å². The molecule has 2 aromatic heterocycles. The third-order valence-electron chi connectivity index (χ3n) is 3.25. The Labute approximate surface area is 137 Å². The van der Waals surface area contributed by atoms with E-state index in [2.05, 4.69) is 15.2 Å². The van der Waals surface area contributed by atoms with Gasteiger partial charge in [0.05, 0.1) is 7.11 Å². The highest BCUT2D eigenvalue weighted by Crippen LogP contribution is 2.35. The van der Waals surface area contributed by atoms with Crippen LogP contribution in [0.2, 0.25) is 10.3 Å². The maximum absolute atomic E-state index is 6.01. The van der Waals surface area contributed by atoms with Gasteiger partial charge in [-0.2, -0.15) is 0 Å². The molecule has 1 aromatic carbocycles. The van der Waals surface area contributed by atoms with Crippen LogP contribution in [0.5, 0.6) is 5.75 Å². The predicted molar refractivity (Wildman–Crippen MR) is 86.2 cm³/mol. The largest absolute Gasteiger partial charge is 0.497 e. The molecule has 0 unspecified atom stereocenters. The molecule has 0 bridgehead atoms. The molecule has 112 valence electrons. The zero-order valence-electron chi connectivity index (χ0n) is 11.9. The lowest BCUT2D eigenvalue weighted by molar-refractivity contribution is 0.415. The lowest BCUT2D eigenvalue weighted by Crippen LogP contribution is -1.95. The Bertz CT molecular complexity index is 812. The van der Waals surface area contributed by atoms with Crippen molar-refractivity contribution in [1.82, 2.24) is 19.7 Å². The van der Waals surface area contributed by atoms with Gasteiger partial charge in [-0.05, 0) is 41.5 Å². The number of pyridine rings is 1. The number of aromatic nitrogens is 4. The fourth-order valence-electron chi connectivity index (χ4n) is 2.23. The SMILES string of the molecule is COc1ccc(-c2cc(Cl)nc(Cl)c2)c(-c2nncn2C)c1. The second-order valence-corrected chi connectivity index (χ2v) is 5.45. The van der Waals surface area contributed by atoms with E-state index < -0.39 is 0 Å². The maximum atomic E-state index is 6.01. The van der Waals surface area contributed by atoms with Gasteiger partial charge in [0.1, 0.15) is 22.4 Å². The number of nitrogens with zero attached hydrogens (tertiary/aromatic N) is 4. The normalized spacial score (nSPS) is 10.7. The van der Waals surface area contributed by atoms with Crippen LogP contribution in [0.3, 0.4) is 0 Å². The molecule has 0 radical (unpaired) electrons. The van der Waals surface area contributed by atoms with E-state index in [1.807, 2.05) is 29.8 Å². The van der Waals surface area contributed by atoms with E-state index in [9.17, 15) is 0 Å². The van der Waals surface area contributed by atoms with Crippen molar-refractivity contribution in [2.75, 3.05) is 7.11 Å². The molecule has 0 saturated heterocycles. The minimum atomic E-state index is 0.335. The van der Waals surface area contributed by atoms with Gasteiger partial charge in [-0.3, -0.25) is 0 Å². The number of benzene rings is 1. The first-order chi connectivity index (χ1) is 10.6. The van der Waals surface area contributed by atoms with Gasteiger partial charge in [0, 0.05) is 12.6 Å². The van der Waals surface area contributed by atoms with Crippen LogP contribution in [0.15, 0.2) is 36.7 Å². The summed E-state index contributed by atoms with van der Waals surface area (Å²) in [4.78, 5) is 3.98. The average molecular weight is 335 g/mol. The van der Waals surface area contributed by atoms with Gasteiger partial charge in [0.25, 0.3) is 0 Å². The number of halogens is 2. The molecule has 0 aliphatic carbocycles. The Morgan fingerprint density at radius 3 is 2.36 bits per heavy atom. The van der Waals surface area contributed by atoms with Crippen LogP contribution in [0.25, 0.3) is 22.5 Å². The molecule has 5 nitrogen and oxygen atoms in total. The number of ether oxygens (including phenoxy) is 1. The third kappa shape index (κ3) is 2.77. The molecular formula is C15H12Cl2N4O. The van der Waals surface area contributed by atoms with E-state index >= 15 is 0 Å². The quantitative estimate of drug-likeness (QED) is 0.682. The van der Waals surface area contributed by atoms with E-state index in [1.54, 1.807) is 25.6 Å². The Morgan fingerprint density at radius 1 is 1.05 bits per heavy atom. The number of aryl methyl sites for hydroxylation is 1. The zero-order valence-corrected chi connectivity index (χ0v) is 13.4. The standard InChI is InChI=1S/C15H12Cl2N4O/c1-21-8-18-20-15(21)12-7-10(22-2)3-4-11(12)9-5-13(16)19-14(17)6-9/h3-8H,1-2H3. The monoisotopic (exact) mass is 334 g/mol. The van der Waals surface area contributed by atoms with Crippen molar-refractivity contribution in [3.05, 3.63) is 47.0 Å². The maximum Gasteiger partial charge on any atom is 0.164 e. The van der Waals surface area contributed by atoms with Gasteiger partial charge in [-0.25, -0.2) is 4.98 Å². The van der Waals surface area contributed by atoms with Crippen LogP contribution in [0.1, 0.15) is 0 Å². The van der Waals surface area contributed by atoms with Gasteiger partial charge in [-0.1, -0.05) is 23.2 Å². The minimum Gasteiger partial charge on any atom is -0.497 e. The van der Waals surface area contributed by atoms with Gasteiger partial charge >= 0.3 is 0 Å². The zero-order chi connectivity index (χ0) is 15.7. The van der Waals surface area contributed by atoms with Gasteiger partial charge in [-0.15, -0.1) is 10.2 Å². The Morgan fingerprint density at radius 2 is 1.77 bits per heavy atom. The van der Waals surface area contributed by atoms with Crippen molar-refractivity contribution in [2.24, 2.45) is 7.05 Å². The van der Waals surface area contributed by atoms with Crippen molar-refractivity contribution < 1.29 is 4.74 Å². The van der Waals surface area contributed by atoms with Gasteiger partial charge in [0.2, 0.25) is 0 Å². The first-order valence-corrected chi connectivity index (χ1v) is 7.20. The summed E-state index contributed by atoms with van der Waals surface area (Å²) in [5, 5.41) is 8.77. The van der Waals surface area contributed by atoms with Crippen LogP contribution in [-0.4, -0.2) is 26.9 Å². The molecule has 3 rings (SSSR count). The summed E-state index contributed by atoms with van der Waals surface area (Å²) >= 11 is 12.0. The second-order valence-electron chi connectivity index (χ2n) is 4.68. The van der Waals surface area contributed by atoms with Crippen molar-refractivity contribution in [1.29, 1.82) is 0 Å². The van der Waals surface area contributed by atoms with Crippen LogP contribution in [0, 0.1) is 0 Å². The second kappa shape index (κ2) is 5.94. The molecule has 0 aliphatic rings. The smallest absolute Gasteiger partial charge is 0.164 e. The van der Waals surface area contributed by atoms with Crippen LogP contribution >= 0.6 is 23.2 Å². The summed E-state index contributed by atoms with van der Waals surface area (Å²) in [6.45, 7) is 0. The highest BCUT2D eigenvalue weighted by atomic mass is 35.5. The summed E-state index contributed by atoms with van der Waals surface area (Å²) in [6, 6.07) is 9.23. The number of hydrogen-bond donors (Lipinski definition) is 0. The summed E-state index contributed by atoms with van der Waals surface area (Å²) in [5.74, 6) is 1.45. The average Bonchev–Trinajstić information content (AvgIpc) is 2.91. The topological polar surface area (TPSA) is 52.8 Å². The minimum absolute atomic E-state index is 0.335. The van der Waals surface area contributed by atoms with Crippen LogP contribution in [-0.2, 0) is 7.05 Å². The molecule has 0 spiro atoms. The first kappa shape index (κ1) is 14.8. The summed E-state index contributed by atoms with van der Waals surface area (Å²) in [6.07, 6.45) is 1.64.